The molecule has 1 aliphatic carbocycles. The van der Waals surface area contributed by atoms with Gasteiger partial charge in [-0.05, 0) is 19.3 Å². The Balaban J connectivity index is 1.66. The van der Waals surface area contributed by atoms with Gasteiger partial charge in [-0.3, -0.25) is 4.79 Å². The third-order valence-electron chi connectivity index (χ3n) is 3.69. The first-order chi connectivity index (χ1) is 9.24. The number of hydrogen-bond acceptors (Lipinski definition) is 6. The van der Waals surface area contributed by atoms with Gasteiger partial charge in [-0.1, -0.05) is 5.16 Å². The Hall–Kier alpha value is -1.08. The topological polar surface area (TPSA) is 85.5 Å². The molecule has 2 fully saturated rings. The van der Waals surface area contributed by atoms with Crippen molar-refractivity contribution in [2.24, 2.45) is 5.92 Å². The number of hydrogen-bond donors (Lipinski definition) is 1. The average Bonchev–Trinajstić information content (AvgIpc) is 3.09. The van der Waals surface area contributed by atoms with E-state index in [1.165, 1.54) is 0 Å². The molecule has 104 valence electrons. The molecule has 0 aromatic carbocycles. The van der Waals surface area contributed by atoms with Gasteiger partial charge in [-0.25, -0.2) is 0 Å². The van der Waals surface area contributed by atoms with Crippen molar-refractivity contribution >= 4 is 17.7 Å². The van der Waals surface area contributed by atoms with Gasteiger partial charge < -0.3 is 14.4 Å². The molecule has 1 aliphatic heterocycles. The molecule has 0 bridgehead atoms. The molecule has 6 nitrogen and oxygen atoms in total. The Bertz CT molecular complexity index is 458. The highest BCUT2D eigenvalue weighted by atomic mass is 32.2. The van der Waals surface area contributed by atoms with Crippen LogP contribution in [0.2, 0.25) is 0 Å². The molecule has 3 atom stereocenters. The molecule has 3 rings (SSSR count). The molecule has 1 aromatic rings. The van der Waals surface area contributed by atoms with Crippen molar-refractivity contribution in [3.8, 4) is 0 Å². The standard InChI is InChI=1S/C12H16N2O4S/c15-12(16)8-2-1-7(5-8)11-13-10(14-18-11)9-6-19-4-3-17-9/h7-9H,1-6H2,(H,15,16). The number of aromatic nitrogens is 2. The summed E-state index contributed by atoms with van der Waals surface area (Å²) in [7, 11) is 0. The lowest BCUT2D eigenvalue weighted by Crippen LogP contribution is -2.16. The number of thioether (sulfide) groups is 1. The lowest BCUT2D eigenvalue weighted by Gasteiger charge is -2.18. The first kappa shape index (κ1) is 12.9. The first-order valence-corrected chi connectivity index (χ1v) is 7.65. The second-order valence-electron chi connectivity index (χ2n) is 4.97. The molecular weight excluding hydrogens is 268 g/mol. The number of ether oxygens (including phenoxy) is 1. The summed E-state index contributed by atoms with van der Waals surface area (Å²) in [5, 5.41) is 13.0. The van der Waals surface area contributed by atoms with Crippen LogP contribution in [0.1, 0.15) is 43.0 Å². The van der Waals surface area contributed by atoms with Gasteiger partial charge in [0.15, 0.2) is 0 Å². The fraction of sp³-hybridized carbons (Fsp3) is 0.750. The second kappa shape index (κ2) is 5.50. The Morgan fingerprint density at radius 1 is 1.42 bits per heavy atom. The van der Waals surface area contributed by atoms with Crippen LogP contribution in [0.15, 0.2) is 4.52 Å². The smallest absolute Gasteiger partial charge is 0.306 e. The number of rotatable bonds is 3. The maximum absolute atomic E-state index is 10.9. The highest BCUT2D eigenvalue weighted by Crippen LogP contribution is 2.38. The largest absolute Gasteiger partial charge is 0.481 e. The van der Waals surface area contributed by atoms with Crippen LogP contribution in [0.5, 0.6) is 0 Å². The van der Waals surface area contributed by atoms with Gasteiger partial charge in [0, 0.05) is 17.4 Å². The maximum atomic E-state index is 10.9. The molecule has 0 amide bonds. The molecule has 1 saturated heterocycles. The molecule has 2 aliphatic rings. The monoisotopic (exact) mass is 284 g/mol. The van der Waals surface area contributed by atoms with Gasteiger partial charge in [0.1, 0.15) is 6.10 Å². The van der Waals surface area contributed by atoms with E-state index in [-0.39, 0.29) is 17.9 Å². The summed E-state index contributed by atoms with van der Waals surface area (Å²) in [6.07, 6.45) is 2.00. The van der Waals surface area contributed by atoms with Crippen LogP contribution in [-0.2, 0) is 9.53 Å². The van der Waals surface area contributed by atoms with E-state index in [4.69, 9.17) is 14.4 Å². The van der Waals surface area contributed by atoms with Crippen LogP contribution >= 0.6 is 11.8 Å². The summed E-state index contributed by atoms with van der Waals surface area (Å²) in [4.78, 5) is 15.3. The predicted molar refractivity (Wildman–Crippen MR) is 68.0 cm³/mol. The average molecular weight is 284 g/mol. The van der Waals surface area contributed by atoms with Crippen molar-refractivity contribution in [2.45, 2.75) is 31.3 Å². The molecule has 7 heteroatoms. The van der Waals surface area contributed by atoms with Crippen molar-refractivity contribution in [2.75, 3.05) is 18.1 Å². The highest BCUT2D eigenvalue weighted by molar-refractivity contribution is 7.99. The number of carboxylic acid groups (broad SMARTS) is 1. The van der Waals surface area contributed by atoms with Gasteiger partial charge in [0.25, 0.3) is 0 Å². The summed E-state index contributed by atoms with van der Waals surface area (Å²) >= 11 is 1.82. The molecule has 0 spiro atoms. The van der Waals surface area contributed by atoms with Crippen LogP contribution < -0.4 is 0 Å². The number of carboxylic acids is 1. The number of aliphatic carboxylic acids is 1. The first-order valence-electron chi connectivity index (χ1n) is 6.49. The number of nitrogens with zero attached hydrogens (tertiary/aromatic N) is 2. The third-order valence-corrected chi connectivity index (χ3v) is 4.69. The van der Waals surface area contributed by atoms with E-state index in [0.717, 1.165) is 17.9 Å². The molecular formula is C12H16N2O4S. The highest BCUT2D eigenvalue weighted by Gasteiger charge is 2.34. The van der Waals surface area contributed by atoms with E-state index in [1.54, 1.807) is 0 Å². The fourth-order valence-electron chi connectivity index (χ4n) is 2.61. The van der Waals surface area contributed by atoms with Crippen LogP contribution in [0, 0.1) is 5.92 Å². The molecule has 3 unspecified atom stereocenters. The van der Waals surface area contributed by atoms with E-state index >= 15 is 0 Å². The molecule has 1 aromatic heterocycles. The van der Waals surface area contributed by atoms with Gasteiger partial charge >= 0.3 is 5.97 Å². The van der Waals surface area contributed by atoms with E-state index in [1.807, 2.05) is 11.8 Å². The van der Waals surface area contributed by atoms with Crippen LogP contribution in [0.3, 0.4) is 0 Å². The summed E-state index contributed by atoms with van der Waals surface area (Å²) in [5.41, 5.74) is 0. The van der Waals surface area contributed by atoms with Crippen molar-refractivity contribution < 1.29 is 19.2 Å². The fourth-order valence-corrected chi connectivity index (χ4v) is 3.45. The van der Waals surface area contributed by atoms with Crippen molar-refractivity contribution in [3.05, 3.63) is 11.7 Å². The summed E-state index contributed by atoms with van der Waals surface area (Å²) in [5.74, 6) is 2.10. The normalized spacial score (nSPS) is 31.5. The molecule has 1 N–H and O–H groups in total. The zero-order valence-corrected chi connectivity index (χ0v) is 11.3. The maximum Gasteiger partial charge on any atom is 0.306 e. The van der Waals surface area contributed by atoms with Gasteiger partial charge in [-0.15, -0.1) is 0 Å². The van der Waals surface area contributed by atoms with E-state index in [0.29, 0.717) is 31.2 Å². The van der Waals surface area contributed by atoms with Crippen LogP contribution in [0.25, 0.3) is 0 Å². The minimum absolute atomic E-state index is 0.0820. The lowest BCUT2D eigenvalue weighted by molar-refractivity contribution is -0.141. The quantitative estimate of drug-likeness (QED) is 0.906. The van der Waals surface area contributed by atoms with Crippen LogP contribution in [0.4, 0.5) is 0 Å². The van der Waals surface area contributed by atoms with E-state index in [9.17, 15) is 4.79 Å². The predicted octanol–water partition coefficient (Wildman–Crippen LogP) is 1.84. The zero-order chi connectivity index (χ0) is 13.2. The molecule has 19 heavy (non-hydrogen) atoms. The summed E-state index contributed by atoms with van der Waals surface area (Å²) < 4.78 is 10.9. The van der Waals surface area contributed by atoms with E-state index < -0.39 is 5.97 Å². The number of carbonyl (C=O) groups is 1. The van der Waals surface area contributed by atoms with Gasteiger partial charge in [0.2, 0.25) is 11.7 Å². The Kier molecular flexibility index (Phi) is 3.74. The summed E-state index contributed by atoms with van der Waals surface area (Å²) in [6.45, 7) is 0.712. The van der Waals surface area contributed by atoms with Crippen molar-refractivity contribution in [1.29, 1.82) is 0 Å². The van der Waals surface area contributed by atoms with Crippen molar-refractivity contribution in [3.63, 3.8) is 0 Å². The van der Waals surface area contributed by atoms with Gasteiger partial charge in [-0.2, -0.15) is 16.7 Å². The van der Waals surface area contributed by atoms with Gasteiger partial charge in [0.05, 0.1) is 12.5 Å². The van der Waals surface area contributed by atoms with Crippen molar-refractivity contribution in [1.82, 2.24) is 10.1 Å². The Morgan fingerprint density at radius 3 is 3.00 bits per heavy atom. The second-order valence-corrected chi connectivity index (χ2v) is 6.12. The minimum atomic E-state index is -0.728. The minimum Gasteiger partial charge on any atom is -0.481 e. The molecule has 0 radical (unpaired) electrons. The SMILES string of the molecule is O=C(O)C1CCC(c2nc(C3CSCCO3)no2)C1. The van der Waals surface area contributed by atoms with Crippen LogP contribution in [-0.4, -0.2) is 39.3 Å². The lowest BCUT2D eigenvalue weighted by atomic mass is 10.1. The third kappa shape index (κ3) is 2.76. The Labute approximate surface area is 114 Å². The zero-order valence-electron chi connectivity index (χ0n) is 10.4. The molecule has 1 saturated carbocycles. The Morgan fingerprint density at radius 2 is 2.32 bits per heavy atom. The van der Waals surface area contributed by atoms with E-state index in [2.05, 4.69) is 10.1 Å². The summed E-state index contributed by atoms with van der Waals surface area (Å²) in [6, 6.07) is 0. The molecule has 2 heterocycles.